The van der Waals surface area contributed by atoms with Crippen molar-refractivity contribution < 1.29 is 14.3 Å². The summed E-state index contributed by atoms with van der Waals surface area (Å²) in [5.41, 5.74) is 5.00. The van der Waals surface area contributed by atoms with E-state index in [0.717, 1.165) is 46.6 Å². The zero-order valence-corrected chi connectivity index (χ0v) is 26.0. The van der Waals surface area contributed by atoms with Crippen LogP contribution in [0.3, 0.4) is 0 Å². The van der Waals surface area contributed by atoms with E-state index in [1.54, 1.807) is 23.6 Å². The molecule has 0 aliphatic heterocycles. The van der Waals surface area contributed by atoms with E-state index < -0.39 is 0 Å². The molecule has 1 heterocycles. The van der Waals surface area contributed by atoms with Gasteiger partial charge >= 0.3 is 0 Å². The second-order valence-corrected chi connectivity index (χ2v) is 12.8. The summed E-state index contributed by atoms with van der Waals surface area (Å²) >= 11 is 1.63. The molecule has 1 N–H and O–H groups in total. The first kappa shape index (κ1) is 30.1. The number of para-hydroxylation sites is 1. The molecule has 7 heteroatoms. The van der Waals surface area contributed by atoms with Gasteiger partial charge in [0.05, 0.1) is 23.8 Å². The summed E-state index contributed by atoms with van der Waals surface area (Å²) in [6.07, 6.45) is 4.67. The molecule has 5 rings (SSSR count). The van der Waals surface area contributed by atoms with Gasteiger partial charge in [-0.25, -0.2) is 4.99 Å². The predicted molar refractivity (Wildman–Crippen MR) is 174 cm³/mol. The van der Waals surface area contributed by atoms with Crippen molar-refractivity contribution in [1.29, 1.82) is 5.26 Å². The van der Waals surface area contributed by atoms with Crippen molar-refractivity contribution >= 4 is 34.1 Å². The highest BCUT2D eigenvalue weighted by molar-refractivity contribution is 7.16. The molecule has 1 aromatic heterocycles. The van der Waals surface area contributed by atoms with Crippen molar-refractivity contribution in [2.24, 2.45) is 16.3 Å². The molecule has 0 saturated carbocycles. The Labute approximate surface area is 258 Å². The van der Waals surface area contributed by atoms with Crippen LogP contribution >= 0.6 is 11.3 Å². The lowest BCUT2D eigenvalue weighted by Gasteiger charge is -2.33. The van der Waals surface area contributed by atoms with E-state index >= 15 is 0 Å². The molecule has 0 saturated heterocycles. The van der Waals surface area contributed by atoms with Crippen molar-refractivity contribution in [3.8, 4) is 17.6 Å². The van der Waals surface area contributed by atoms with Crippen molar-refractivity contribution in [1.82, 2.24) is 0 Å². The molecule has 0 unspecified atom stereocenters. The van der Waals surface area contributed by atoms with Gasteiger partial charge in [-0.3, -0.25) is 4.79 Å². The number of fused-ring (bicyclic) bond motifs is 1. The number of nitrogens with zero attached hydrogens (tertiary/aromatic N) is 2. The van der Waals surface area contributed by atoms with Gasteiger partial charge in [0.15, 0.2) is 11.5 Å². The summed E-state index contributed by atoms with van der Waals surface area (Å²) in [4.78, 5) is 19.8. The van der Waals surface area contributed by atoms with E-state index in [1.807, 2.05) is 73.7 Å². The van der Waals surface area contributed by atoms with E-state index in [0.29, 0.717) is 35.2 Å². The number of aliphatic imine (C=N–C) groups is 1. The van der Waals surface area contributed by atoms with Gasteiger partial charge in [0, 0.05) is 22.3 Å². The molecule has 220 valence electrons. The van der Waals surface area contributed by atoms with Gasteiger partial charge in [0.2, 0.25) is 0 Å². The number of thiophene rings is 1. The highest BCUT2D eigenvalue weighted by Crippen LogP contribution is 2.45. The summed E-state index contributed by atoms with van der Waals surface area (Å²) in [5.74, 6) is 1.62. The van der Waals surface area contributed by atoms with Gasteiger partial charge in [0.25, 0.3) is 5.91 Å². The average molecular weight is 592 g/mol. The van der Waals surface area contributed by atoms with Crippen molar-refractivity contribution in [3.63, 3.8) is 0 Å². The number of hydrogen-bond acceptors (Lipinski definition) is 6. The number of hydrogen-bond donors (Lipinski definition) is 1. The number of nitrogens with one attached hydrogen (secondary N) is 1. The highest BCUT2D eigenvalue weighted by atomic mass is 32.1. The van der Waals surface area contributed by atoms with Crippen LogP contribution in [-0.2, 0) is 19.4 Å². The molecule has 0 radical (unpaired) electrons. The average Bonchev–Trinajstić information content (AvgIpc) is 3.38. The third-order valence-electron chi connectivity index (χ3n) is 7.85. The Morgan fingerprint density at radius 1 is 1.07 bits per heavy atom. The van der Waals surface area contributed by atoms with Gasteiger partial charge in [-0.15, -0.1) is 11.3 Å². The molecular weight excluding hydrogens is 554 g/mol. The van der Waals surface area contributed by atoms with Crippen LogP contribution in [-0.4, -0.2) is 18.7 Å². The number of benzene rings is 3. The van der Waals surface area contributed by atoms with Crippen LogP contribution in [0.15, 0.2) is 77.8 Å². The number of carbonyl (C=O) groups is 1. The zero-order chi connectivity index (χ0) is 30.4. The second-order valence-electron chi connectivity index (χ2n) is 11.8. The molecule has 4 aromatic rings. The van der Waals surface area contributed by atoms with E-state index in [2.05, 4.69) is 32.2 Å². The molecule has 1 atom stereocenters. The molecule has 0 spiro atoms. The number of nitriles is 1. The van der Waals surface area contributed by atoms with Gasteiger partial charge in [0.1, 0.15) is 11.6 Å². The van der Waals surface area contributed by atoms with Crippen LogP contribution in [0.1, 0.15) is 71.6 Å². The van der Waals surface area contributed by atoms with Crippen LogP contribution in [0, 0.1) is 22.7 Å². The van der Waals surface area contributed by atoms with Crippen LogP contribution in [0.25, 0.3) is 0 Å². The summed E-state index contributed by atoms with van der Waals surface area (Å²) in [5, 5.41) is 13.2. The largest absolute Gasteiger partial charge is 0.490 e. The smallest absolute Gasteiger partial charge is 0.259 e. The fourth-order valence-corrected chi connectivity index (χ4v) is 6.66. The van der Waals surface area contributed by atoms with E-state index in [9.17, 15) is 10.1 Å². The fourth-order valence-electron chi connectivity index (χ4n) is 5.39. The predicted octanol–water partition coefficient (Wildman–Crippen LogP) is 8.75. The molecule has 1 aliphatic rings. The highest BCUT2D eigenvalue weighted by Gasteiger charge is 2.33. The number of rotatable bonds is 9. The molecular formula is C36H37N3O3S. The SMILES string of the molecule is CCOc1cc(C=Nc2sc3c(c2C(=O)Nc2ccccc2)CC[C@H](C(C)(C)C)C3)ccc1OCc1ccccc1C#N. The minimum atomic E-state index is -0.124. The third kappa shape index (κ3) is 7.15. The topological polar surface area (TPSA) is 83.7 Å². The zero-order valence-electron chi connectivity index (χ0n) is 25.1. The van der Waals surface area contributed by atoms with Crippen LogP contribution < -0.4 is 14.8 Å². The maximum Gasteiger partial charge on any atom is 0.259 e. The Morgan fingerprint density at radius 3 is 2.58 bits per heavy atom. The number of ether oxygens (including phenoxy) is 2. The summed E-state index contributed by atoms with van der Waals surface area (Å²) in [7, 11) is 0. The van der Waals surface area contributed by atoms with E-state index in [4.69, 9.17) is 14.5 Å². The first-order valence-corrected chi connectivity index (χ1v) is 15.5. The number of carbonyl (C=O) groups excluding carboxylic acids is 1. The summed E-state index contributed by atoms with van der Waals surface area (Å²) < 4.78 is 12.0. The van der Waals surface area contributed by atoms with Gasteiger partial charge in [-0.05, 0) is 85.0 Å². The Morgan fingerprint density at radius 2 is 1.84 bits per heavy atom. The van der Waals surface area contributed by atoms with E-state index in [-0.39, 0.29) is 17.9 Å². The van der Waals surface area contributed by atoms with Crippen LogP contribution in [0.2, 0.25) is 0 Å². The Kier molecular flexibility index (Phi) is 9.27. The molecule has 0 bridgehead atoms. The quantitative estimate of drug-likeness (QED) is 0.197. The van der Waals surface area contributed by atoms with E-state index in [1.165, 1.54) is 4.88 Å². The van der Waals surface area contributed by atoms with Crippen LogP contribution in [0.5, 0.6) is 11.5 Å². The summed E-state index contributed by atoms with van der Waals surface area (Å²) in [6, 6.07) is 24.8. The Hall–Kier alpha value is -4.41. The molecule has 1 amide bonds. The standard InChI is InChI=1S/C36H37N3O3S/c1-5-41-31-19-24(15-18-30(31)42-23-26-12-10-9-11-25(26)21-37)22-38-35-33(34(40)39-28-13-7-6-8-14-28)29-17-16-27(36(2,3)4)20-32(29)43-35/h6-15,18-19,22,27H,5,16-17,20,23H2,1-4H3,(H,39,40)/t27-/m0/s1. The fraction of sp³-hybridized carbons (Fsp3) is 0.306. The molecule has 43 heavy (non-hydrogen) atoms. The minimum absolute atomic E-state index is 0.124. The third-order valence-corrected chi connectivity index (χ3v) is 9.01. The van der Waals surface area contributed by atoms with Crippen molar-refractivity contribution in [3.05, 3.63) is 105 Å². The maximum atomic E-state index is 13.6. The molecule has 6 nitrogen and oxygen atoms in total. The van der Waals surface area contributed by atoms with Gasteiger partial charge < -0.3 is 14.8 Å². The van der Waals surface area contributed by atoms with Gasteiger partial charge in [-0.2, -0.15) is 5.26 Å². The second kappa shape index (κ2) is 13.3. The first-order valence-electron chi connectivity index (χ1n) is 14.7. The normalized spacial score (nSPS) is 14.6. The number of amides is 1. The Bertz CT molecular complexity index is 1660. The van der Waals surface area contributed by atoms with Crippen LogP contribution in [0.4, 0.5) is 10.7 Å². The lowest BCUT2D eigenvalue weighted by atomic mass is 9.72. The summed E-state index contributed by atoms with van der Waals surface area (Å²) in [6.45, 7) is 9.54. The lowest BCUT2D eigenvalue weighted by molar-refractivity contribution is 0.102. The molecule has 3 aromatic carbocycles. The van der Waals surface area contributed by atoms with Gasteiger partial charge in [-0.1, -0.05) is 57.2 Å². The molecule has 1 aliphatic carbocycles. The monoisotopic (exact) mass is 591 g/mol. The maximum absolute atomic E-state index is 13.6. The lowest BCUT2D eigenvalue weighted by Crippen LogP contribution is -2.27. The van der Waals surface area contributed by atoms with Crippen molar-refractivity contribution in [2.75, 3.05) is 11.9 Å². The Balaban J connectivity index is 1.43. The first-order chi connectivity index (χ1) is 20.8. The van der Waals surface area contributed by atoms with Crippen molar-refractivity contribution in [2.45, 2.75) is 53.6 Å². The number of anilines is 1. The molecule has 0 fully saturated rings. The minimum Gasteiger partial charge on any atom is -0.490 e.